The van der Waals surface area contributed by atoms with Gasteiger partial charge in [-0.15, -0.1) is 5.11 Å². The van der Waals surface area contributed by atoms with Crippen LogP contribution in [-0.2, 0) is 0 Å². The Bertz CT molecular complexity index is 365. The first-order chi connectivity index (χ1) is 5.88. The van der Waals surface area contributed by atoms with Crippen LogP contribution in [0.4, 0.5) is 0 Å². The Morgan fingerprint density at radius 1 is 1.25 bits per heavy atom. The van der Waals surface area contributed by atoms with Crippen molar-refractivity contribution in [2.75, 3.05) is 0 Å². The van der Waals surface area contributed by atoms with Gasteiger partial charge in [0, 0.05) is 12.4 Å². The number of azo groups is 1. The van der Waals surface area contributed by atoms with Gasteiger partial charge < -0.3 is 0 Å². The molecule has 0 fully saturated rings. The van der Waals surface area contributed by atoms with Gasteiger partial charge in [-0.1, -0.05) is 0 Å². The highest BCUT2D eigenvalue weighted by molar-refractivity contribution is 6.21. The Morgan fingerprint density at radius 3 is 2.75 bits per heavy atom. The van der Waals surface area contributed by atoms with Gasteiger partial charge >= 0.3 is 0 Å². The van der Waals surface area contributed by atoms with Gasteiger partial charge in [-0.25, -0.2) is 0 Å². The molecule has 1 N–H and O–H groups in total. The number of amidine groups is 1. The highest BCUT2D eigenvalue weighted by atomic mass is 15.1. The first-order valence-corrected chi connectivity index (χ1v) is 3.34. The van der Waals surface area contributed by atoms with Crippen molar-refractivity contribution in [1.82, 2.24) is 9.97 Å². The lowest BCUT2D eigenvalue weighted by atomic mass is 10.2. The summed E-state index contributed by atoms with van der Waals surface area (Å²) in [5, 5.41) is 14.5. The van der Waals surface area contributed by atoms with E-state index in [1.807, 2.05) is 0 Å². The van der Waals surface area contributed by atoms with Gasteiger partial charge in [-0.05, 0) is 0 Å². The molecule has 1 aliphatic rings. The van der Waals surface area contributed by atoms with Crippen LogP contribution in [0, 0.1) is 5.41 Å². The number of rotatable bonds is 1. The molecule has 0 atom stereocenters. The molecule has 5 heteroatoms. The maximum atomic E-state index is 7.35. The SMILES string of the molecule is N=C1N=NC=C1c1cnccn1. The molecular weight excluding hydrogens is 154 g/mol. The summed E-state index contributed by atoms with van der Waals surface area (Å²) in [6.45, 7) is 0. The van der Waals surface area contributed by atoms with E-state index in [4.69, 9.17) is 5.41 Å². The molecule has 5 nitrogen and oxygen atoms in total. The van der Waals surface area contributed by atoms with Gasteiger partial charge in [-0.2, -0.15) is 5.11 Å². The maximum absolute atomic E-state index is 7.35. The van der Waals surface area contributed by atoms with E-state index in [2.05, 4.69) is 20.2 Å². The molecule has 0 bridgehead atoms. The third-order valence-electron chi connectivity index (χ3n) is 1.44. The summed E-state index contributed by atoms with van der Waals surface area (Å²) in [6, 6.07) is 0. The maximum Gasteiger partial charge on any atom is 0.178 e. The van der Waals surface area contributed by atoms with Gasteiger partial charge in [0.05, 0.1) is 23.7 Å². The molecule has 1 aromatic rings. The van der Waals surface area contributed by atoms with E-state index in [0.717, 1.165) is 0 Å². The average Bonchev–Trinajstić information content (AvgIpc) is 2.53. The molecule has 0 saturated carbocycles. The summed E-state index contributed by atoms with van der Waals surface area (Å²) in [7, 11) is 0. The molecule has 0 aliphatic carbocycles. The van der Waals surface area contributed by atoms with Crippen molar-refractivity contribution in [1.29, 1.82) is 5.41 Å². The summed E-state index contributed by atoms with van der Waals surface area (Å²) in [4.78, 5) is 7.90. The van der Waals surface area contributed by atoms with Crippen LogP contribution < -0.4 is 0 Å². The third kappa shape index (κ3) is 1.01. The normalized spacial score (nSPS) is 15.0. The minimum absolute atomic E-state index is 0.135. The number of nitrogens with one attached hydrogen (secondary N) is 1. The van der Waals surface area contributed by atoms with Gasteiger partial charge in [-0.3, -0.25) is 15.4 Å². The second-order valence-electron chi connectivity index (χ2n) is 2.20. The molecule has 12 heavy (non-hydrogen) atoms. The number of hydrogen-bond acceptors (Lipinski definition) is 4. The largest absolute Gasteiger partial charge is 0.281 e. The number of nitrogens with zero attached hydrogens (tertiary/aromatic N) is 4. The predicted octanol–water partition coefficient (Wildman–Crippen LogP) is 1.26. The second-order valence-corrected chi connectivity index (χ2v) is 2.20. The van der Waals surface area contributed by atoms with E-state index in [9.17, 15) is 0 Å². The van der Waals surface area contributed by atoms with Crippen LogP contribution in [0.25, 0.3) is 5.57 Å². The summed E-state index contributed by atoms with van der Waals surface area (Å²) in [5.74, 6) is 0.135. The lowest BCUT2D eigenvalue weighted by Gasteiger charge is -1.95. The molecule has 2 heterocycles. The Labute approximate surface area is 68.4 Å². The fourth-order valence-corrected chi connectivity index (χ4v) is 0.885. The van der Waals surface area contributed by atoms with E-state index < -0.39 is 0 Å². The molecular formula is C7H5N5. The molecule has 0 amide bonds. The molecule has 1 aliphatic heterocycles. The van der Waals surface area contributed by atoms with Crippen LogP contribution >= 0.6 is 0 Å². The molecule has 0 unspecified atom stereocenters. The van der Waals surface area contributed by atoms with Crippen molar-refractivity contribution >= 4 is 11.4 Å². The fourth-order valence-electron chi connectivity index (χ4n) is 0.885. The number of hydrogen-bond donors (Lipinski definition) is 1. The summed E-state index contributed by atoms with van der Waals surface area (Å²) in [6.07, 6.45) is 6.24. The van der Waals surface area contributed by atoms with Gasteiger partial charge in [0.25, 0.3) is 0 Å². The standard InChI is InChI=1S/C7H5N5/c8-7-5(3-11-12-7)6-4-9-1-2-10-6/h1-4,8H. The quantitative estimate of drug-likeness (QED) is 0.669. The molecule has 0 aromatic carbocycles. The summed E-state index contributed by atoms with van der Waals surface area (Å²) >= 11 is 0. The van der Waals surface area contributed by atoms with Crippen molar-refractivity contribution in [2.24, 2.45) is 10.2 Å². The Hall–Kier alpha value is -1.91. The Kier molecular flexibility index (Phi) is 1.48. The van der Waals surface area contributed by atoms with Crippen molar-refractivity contribution in [3.8, 4) is 0 Å². The summed E-state index contributed by atoms with van der Waals surface area (Å²) < 4.78 is 0. The topological polar surface area (TPSA) is 74.3 Å². The summed E-state index contributed by atoms with van der Waals surface area (Å²) in [5.41, 5.74) is 1.25. The molecule has 0 spiro atoms. The van der Waals surface area contributed by atoms with E-state index >= 15 is 0 Å². The zero-order chi connectivity index (χ0) is 8.39. The first kappa shape index (κ1) is 6.78. The smallest absolute Gasteiger partial charge is 0.178 e. The highest BCUT2D eigenvalue weighted by Gasteiger charge is 2.12. The molecule has 0 radical (unpaired) electrons. The van der Waals surface area contributed by atoms with E-state index in [1.165, 1.54) is 6.20 Å². The fraction of sp³-hybridized carbons (Fsp3) is 0. The van der Waals surface area contributed by atoms with Crippen LogP contribution in [0.2, 0.25) is 0 Å². The van der Waals surface area contributed by atoms with Crippen molar-refractivity contribution in [3.63, 3.8) is 0 Å². The van der Waals surface area contributed by atoms with Crippen LogP contribution in [0.5, 0.6) is 0 Å². The lowest BCUT2D eigenvalue weighted by molar-refractivity contribution is 1.17. The van der Waals surface area contributed by atoms with Crippen LogP contribution in [0.3, 0.4) is 0 Å². The Morgan fingerprint density at radius 2 is 2.17 bits per heavy atom. The molecule has 1 aromatic heterocycles. The van der Waals surface area contributed by atoms with E-state index in [-0.39, 0.29) is 5.84 Å². The molecule has 2 rings (SSSR count). The molecule has 0 saturated heterocycles. The first-order valence-electron chi connectivity index (χ1n) is 3.34. The minimum atomic E-state index is 0.135. The second kappa shape index (κ2) is 2.61. The van der Waals surface area contributed by atoms with Gasteiger partial charge in [0.2, 0.25) is 0 Å². The average molecular weight is 159 g/mol. The van der Waals surface area contributed by atoms with Crippen LogP contribution in [-0.4, -0.2) is 15.8 Å². The highest BCUT2D eigenvalue weighted by Crippen LogP contribution is 2.17. The van der Waals surface area contributed by atoms with E-state index in [1.54, 1.807) is 18.6 Å². The minimum Gasteiger partial charge on any atom is -0.281 e. The van der Waals surface area contributed by atoms with Gasteiger partial charge in [0.1, 0.15) is 0 Å². The van der Waals surface area contributed by atoms with Crippen LogP contribution in [0.15, 0.2) is 35.0 Å². The van der Waals surface area contributed by atoms with Gasteiger partial charge in [0.15, 0.2) is 5.84 Å². The lowest BCUT2D eigenvalue weighted by Crippen LogP contribution is -1.95. The zero-order valence-electron chi connectivity index (χ0n) is 6.10. The monoisotopic (exact) mass is 159 g/mol. The zero-order valence-corrected chi connectivity index (χ0v) is 6.10. The third-order valence-corrected chi connectivity index (χ3v) is 1.44. The van der Waals surface area contributed by atoms with Crippen molar-refractivity contribution in [3.05, 3.63) is 30.5 Å². The molecule has 58 valence electrons. The van der Waals surface area contributed by atoms with E-state index in [0.29, 0.717) is 11.3 Å². The van der Waals surface area contributed by atoms with Crippen LogP contribution in [0.1, 0.15) is 5.69 Å². The predicted molar refractivity (Wildman–Crippen MR) is 42.6 cm³/mol. The number of aromatic nitrogens is 2. The Balaban J connectivity index is 2.40. The van der Waals surface area contributed by atoms with Crippen molar-refractivity contribution in [2.45, 2.75) is 0 Å². The van der Waals surface area contributed by atoms with Crippen molar-refractivity contribution < 1.29 is 0 Å².